The lowest BCUT2D eigenvalue weighted by molar-refractivity contribution is -0.120. The maximum absolute atomic E-state index is 12.1. The third kappa shape index (κ3) is 7.89. The third-order valence-corrected chi connectivity index (χ3v) is 5.25. The molecule has 1 aromatic rings. The summed E-state index contributed by atoms with van der Waals surface area (Å²) in [5.41, 5.74) is 1.07. The second-order valence-corrected chi connectivity index (χ2v) is 7.49. The number of guanidine groups is 1. The van der Waals surface area contributed by atoms with Gasteiger partial charge in [0.15, 0.2) is 5.96 Å². The van der Waals surface area contributed by atoms with E-state index in [9.17, 15) is 4.79 Å². The van der Waals surface area contributed by atoms with Crippen LogP contribution in [0, 0.1) is 13.8 Å². The highest BCUT2D eigenvalue weighted by Gasteiger charge is 2.15. The van der Waals surface area contributed by atoms with Crippen molar-refractivity contribution < 1.29 is 4.79 Å². The van der Waals surface area contributed by atoms with Crippen LogP contribution in [0.5, 0.6) is 0 Å². The van der Waals surface area contributed by atoms with Crippen LogP contribution in [-0.4, -0.2) is 36.0 Å². The van der Waals surface area contributed by atoms with E-state index in [1.807, 2.05) is 13.8 Å². The van der Waals surface area contributed by atoms with Crippen LogP contribution < -0.4 is 16.0 Å². The van der Waals surface area contributed by atoms with Crippen LogP contribution in [0.1, 0.15) is 54.6 Å². The Morgan fingerprint density at radius 3 is 2.56 bits per heavy atom. The fourth-order valence-corrected chi connectivity index (χ4v) is 3.66. The first-order valence-corrected chi connectivity index (χ1v) is 9.64. The molecule has 1 amide bonds. The molecule has 0 radical (unpaired) electrons. The second-order valence-electron chi connectivity index (χ2n) is 6.20. The number of nitrogens with one attached hydrogen (secondary N) is 3. The van der Waals surface area contributed by atoms with Crippen molar-refractivity contribution in [1.82, 2.24) is 20.9 Å². The lowest BCUT2D eigenvalue weighted by Crippen LogP contribution is -2.40. The minimum absolute atomic E-state index is 0. The predicted molar refractivity (Wildman–Crippen MR) is 115 cm³/mol. The van der Waals surface area contributed by atoms with E-state index >= 15 is 0 Å². The molecule has 6 nitrogen and oxygen atoms in total. The van der Waals surface area contributed by atoms with Gasteiger partial charge in [0, 0.05) is 17.5 Å². The molecule has 0 bridgehead atoms. The zero-order valence-electron chi connectivity index (χ0n) is 15.4. The third-order valence-electron chi connectivity index (χ3n) is 4.18. The van der Waals surface area contributed by atoms with Gasteiger partial charge in [0.1, 0.15) is 11.6 Å². The van der Waals surface area contributed by atoms with Gasteiger partial charge in [-0.1, -0.05) is 19.3 Å². The number of aromatic nitrogens is 1. The van der Waals surface area contributed by atoms with Crippen molar-refractivity contribution >= 4 is 47.2 Å². The van der Waals surface area contributed by atoms with E-state index in [-0.39, 0.29) is 36.4 Å². The van der Waals surface area contributed by atoms with Crippen LogP contribution in [0.25, 0.3) is 0 Å². The summed E-state index contributed by atoms with van der Waals surface area (Å²) in [6, 6.07) is 0.332. The number of amides is 1. The molecular weight excluding hydrogens is 449 g/mol. The molecule has 0 unspecified atom stereocenters. The number of carbonyl (C=O) groups is 1. The minimum Gasteiger partial charge on any atom is -0.357 e. The Balaban J connectivity index is 0.00000312. The Bertz CT molecular complexity index is 550. The maximum atomic E-state index is 12.1. The average Bonchev–Trinajstić information content (AvgIpc) is 2.89. The van der Waals surface area contributed by atoms with Gasteiger partial charge < -0.3 is 16.0 Å². The quantitative estimate of drug-likeness (QED) is 0.333. The molecule has 0 spiro atoms. The molecular formula is C17H30IN5OS. The van der Waals surface area contributed by atoms with Gasteiger partial charge in [0.05, 0.1) is 12.2 Å². The molecule has 1 aliphatic rings. The molecule has 1 aromatic heterocycles. The summed E-state index contributed by atoms with van der Waals surface area (Å²) in [5, 5.41) is 10.5. The number of nitrogens with zero attached hydrogens (tertiary/aromatic N) is 2. The minimum atomic E-state index is 0. The summed E-state index contributed by atoms with van der Waals surface area (Å²) in [5.74, 6) is 0.654. The molecule has 0 atom stereocenters. The summed E-state index contributed by atoms with van der Waals surface area (Å²) in [6.45, 7) is 7.63. The van der Waals surface area contributed by atoms with Gasteiger partial charge in [-0.2, -0.15) is 0 Å². The number of hydrogen-bond acceptors (Lipinski definition) is 4. The molecule has 142 valence electrons. The number of carbonyl (C=O) groups excluding carboxylic acids is 1. The maximum Gasteiger partial charge on any atom is 0.242 e. The molecule has 1 fully saturated rings. The Morgan fingerprint density at radius 2 is 1.96 bits per heavy atom. The molecule has 0 aromatic carbocycles. The number of aryl methyl sites for hydroxylation is 2. The van der Waals surface area contributed by atoms with Gasteiger partial charge in [0.2, 0.25) is 5.91 Å². The normalized spacial score (nSPS) is 15.4. The van der Waals surface area contributed by atoms with Gasteiger partial charge in [0.25, 0.3) is 0 Å². The molecule has 1 heterocycles. The SMILES string of the molecule is CCNC(=NCC(=O)NC1CCCCC1)NCc1nc(C)c(C)s1.I. The first-order valence-electron chi connectivity index (χ1n) is 8.83. The molecule has 0 aliphatic heterocycles. The van der Waals surface area contributed by atoms with Crippen molar-refractivity contribution in [2.75, 3.05) is 13.1 Å². The first-order chi connectivity index (χ1) is 11.6. The second kappa shape index (κ2) is 11.7. The summed E-state index contributed by atoms with van der Waals surface area (Å²) >= 11 is 1.69. The van der Waals surface area contributed by atoms with Crippen LogP contribution in [0.4, 0.5) is 0 Å². The Morgan fingerprint density at radius 1 is 1.24 bits per heavy atom. The van der Waals surface area contributed by atoms with E-state index < -0.39 is 0 Å². The zero-order chi connectivity index (χ0) is 17.4. The number of thiazole rings is 1. The van der Waals surface area contributed by atoms with E-state index in [1.165, 1.54) is 24.1 Å². The molecule has 25 heavy (non-hydrogen) atoms. The van der Waals surface area contributed by atoms with Crippen LogP contribution in [0.2, 0.25) is 0 Å². The van der Waals surface area contributed by atoms with Crippen LogP contribution in [0.3, 0.4) is 0 Å². The summed E-state index contributed by atoms with van der Waals surface area (Å²) in [7, 11) is 0. The molecule has 2 rings (SSSR count). The standard InChI is InChI=1S/C17H29N5OS.HI/c1-4-18-17(20-11-16-21-12(2)13(3)24-16)19-10-15(23)22-14-8-6-5-7-9-14;/h14H,4-11H2,1-3H3,(H,22,23)(H2,18,19,20);1H. The van der Waals surface area contributed by atoms with E-state index in [0.29, 0.717) is 18.5 Å². The largest absolute Gasteiger partial charge is 0.357 e. The van der Waals surface area contributed by atoms with Crippen molar-refractivity contribution in [3.63, 3.8) is 0 Å². The van der Waals surface area contributed by atoms with Crippen molar-refractivity contribution in [2.24, 2.45) is 4.99 Å². The molecule has 3 N–H and O–H groups in total. The smallest absolute Gasteiger partial charge is 0.242 e. The fraction of sp³-hybridized carbons (Fsp3) is 0.706. The fourth-order valence-electron chi connectivity index (χ4n) is 2.79. The van der Waals surface area contributed by atoms with Crippen molar-refractivity contribution in [2.45, 2.75) is 65.5 Å². The molecule has 1 aliphatic carbocycles. The zero-order valence-corrected chi connectivity index (χ0v) is 18.5. The van der Waals surface area contributed by atoms with E-state index in [0.717, 1.165) is 30.1 Å². The Labute approximate surface area is 171 Å². The van der Waals surface area contributed by atoms with E-state index in [4.69, 9.17) is 0 Å². The molecule has 0 saturated heterocycles. The topological polar surface area (TPSA) is 78.4 Å². The highest BCUT2D eigenvalue weighted by molar-refractivity contribution is 14.0. The van der Waals surface area contributed by atoms with E-state index in [1.54, 1.807) is 11.3 Å². The van der Waals surface area contributed by atoms with Crippen LogP contribution >= 0.6 is 35.3 Å². The van der Waals surface area contributed by atoms with Crippen molar-refractivity contribution in [3.05, 3.63) is 15.6 Å². The van der Waals surface area contributed by atoms with Crippen molar-refractivity contribution in [3.8, 4) is 0 Å². The predicted octanol–water partition coefficient (Wildman–Crippen LogP) is 2.88. The monoisotopic (exact) mass is 479 g/mol. The summed E-state index contributed by atoms with van der Waals surface area (Å²) in [6.07, 6.45) is 5.90. The number of halogens is 1. The molecule has 1 saturated carbocycles. The Hall–Kier alpha value is -0.900. The lowest BCUT2D eigenvalue weighted by Gasteiger charge is -2.22. The lowest BCUT2D eigenvalue weighted by atomic mass is 9.95. The van der Waals surface area contributed by atoms with Gasteiger partial charge in [-0.3, -0.25) is 4.79 Å². The highest BCUT2D eigenvalue weighted by Crippen LogP contribution is 2.17. The summed E-state index contributed by atoms with van der Waals surface area (Å²) in [4.78, 5) is 22.2. The van der Waals surface area contributed by atoms with Gasteiger partial charge >= 0.3 is 0 Å². The van der Waals surface area contributed by atoms with Gasteiger partial charge in [-0.15, -0.1) is 35.3 Å². The number of hydrogen-bond donors (Lipinski definition) is 3. The number of aliphatic imine (C=N–C) groups is 1. The Kier molecular flexibility index (Phi) is 10.3. The average molecular weight is 479 g/mol. The van der Waals surface area contributed by atoms with Gasteiger partial charge in [-0.25, -0.2) is 9.98 Å². The van der Waals surface area contributed by atoms with Crippen LogP contribution in [-0.2, 0) is 11.3 Å². The highest BCUT2D eigenvalue weighted by atomic mass is 127. The van der Waals surface area contributed by atoms with Crippen molar-refractivity contribution in [1.29, 1.82) is 0 Å². The van der Waals surface area contributed by atoms with Gasteiger partial charge in [-0.05, 0) is 33.6 Å². The number of rotatable bonds is 6. The first kappa shape index (κ1) is 22.1. The van der Waals surface area contributed by atoms with Crippen LogP contribution in [0.15, 0.2) is 4.99 Å². The molecule has 8 heteroatoms. The van der Waals surface area contributed by atoms with E-state index in [2.05, 4.69) is 32.9 Å². The summed E-state index contributed by atoms with van der Waals surface area (Å²) < 4.78 is 0.